The average Bonchev–Trinajstić information content (AvgIpc) is 2.63. The SMILES string of the molecule is COc1ccc(S(=O)(=O)N2CC(Oc3ncccc3C#N)C2)cc1OC. The Morgan fingerprint density at radius 1 is 1.19 bits per heavy atom. The van der Waals surface area contributed by atoms with E-state index in [1.165, 1.54) is 36.9 Å². The average molecular weight is 375 g/mol. The Balaban J connectivity index is 1.71. The first-order valence-electron chi connectivity index (χ1n) is 7.73. The number of nitrogens with zero attached hydrogens (tertiary/aromatic N) is 3. The summed E-state index contributed by atoms with van der Waals surface area (Å²) >= 11 is 0. The highest BCUT2D eigenvalue weighted by Gasteiger charge is 2.39. The van der Waals surface area contributed by atoms with Crippen LogP contribution in [0.3, 0.4) is 0 Å². The van der Waals surface area contributed by atoms with E-state index in [1.54, 1.807) is 18.2 Å². The Morgan fingerprint density at radius 3 is 2.58 bits per heavy atom. The fourth-order valence-electron chi connectivity index (χ4n) is 2.53. The molecule has 26 heavy (non-hydrogen) atoms. The largest absolute Gasteiger partial charge is 0.493 e. The fourth-order valence-corrected chi connectivity index (χ4v) is 4.04. The normalized spacial score (nSPS) is 15.0. The maximum atomic E-state index is 12.7. The van der Waals surface area contributed by atoms with Crippen LogP contribution in [0, 0.1) is 11.3 Å². The summed E-state index contributed by atoms with van der Waals surface area (Å²) in [6.07, 6.45) is 1.17. The van der Waals surface area contributed by atoms with Crippen molar-refractivity contribution in [3.8, 4) is 23.4 Å². The zero-order valence-electron chi connectivity index (χ0n) is 14.2. The Labute approximate surface area is 151 Å². The summed E-state index contributed by atoms with van der Waals surface area (Å²) in [5.41, 5.74) is 0.314. The zero-order chi connectivity index (χ0) is 18.7. The highest BCUT2D eigenvalue weighted by molar-refractivity contribution is 7.89. The number of hydrogen-bond acceptors (Lipinski definition) is 7. The predicted molar refractivity (Wildman–Crippen MR) is 91.7 cm³/mol. The molecule has 2 aromatic rings. The second kappa shape index (κ2) is 7.19. The number of aromatic nitrogens is 1. The maximum Gasteiger partial charge on any atom is 0.243 e. The molecule has 0 spiro atoms. The Bertz CT molecular complexity index is 949. The molecule has 0 aliphatic carbocycles. The van der Waals surface area contributed by atoms with Crippen molar-refractivity contribution in [3.05, 3.63) is 42.1 Å². The van der Waals surface area contributed by atoms with E-state index in [2.05, 4.69) is 4.98 Å². The molecule has 1 saturated heterocycles. The molecule has 1 aliphatic rings. The molecular formula is C17H17N3O5S. The minimum Gasteiger partial charge on any atom is -0.493 e. The number of pyridine rings is 1. The van der Waals surface area contributed by atoms with Crippen LogP contribution in [0.5, 0.6) is 17.4 Å². The third kappa shape index (κ3) is 3.29. The van der Waals surface area contributed by atoms with Gasteiger partial charge in [0.05, 0.1) is 32.2 Å². The number of methoxy groups -OCH3 is 2. The molecule has 0 saturated carbocycles. The molecule has 8 nitrogen and oxygen atoms in total. The maximum absolute atomic E-state index is 12.7. The molecule has 1 aromatic heterocycles. The summed E-state index contributed by atoms with van der Waals surface area (Å²) in [6, 6.07) is 9.67. The van der Waals surface area contributed by atoms with Gasteiger partial charge in [0.1, 0.15) is 17.7 Å². The molecule has 0 atom stereocenters. The van der Waals surface area contributed by atoms with Gasteiger partial charge in [-0.2, -0.15) is 9.57 Å². The molecule has 0 N–H and O–H groups in total. The molecule has 3 rings (SSSR count). The van der Waals surface area contributed by atoms with Gasteiger partial charge in [-0.25, -0.2) is 13.4 Å². The van der Waals surface area contributed by atoms with Gasteiger partial charge in [0.15, 0.2) is 11.5 Å². The molecule has 1 fully saturated rings. The predicted octanol–water partition coefficient (Wildman–Crippen LogP) is 1.42. The fraction of sp³-hybridized carbons (Fsp3) is 0.294. The van der Waals surface area contributed by atoms with Crippen LogP contribution in [0.25, 0.3) is 0 Å². The lowest BCUT2D eigenvalue weighted by Gasteiger charge is -2.37. The summed E-state index contributed by atoms with van der Waals surface area (Å²) in [6.45, 7) is 0.357. The number of benzene rings is 1. The third-order valence-corrected chi connectivity index (χ3v) is 5.80. The molecule has 2 heterocycles. The minimum absolute atomic E-state index is 0.115. The molecule has 1 aromatic carbocycles. The molecule has 0 bridgehead atoms. The summed E-state index contributed by atoms with van der Waals surface area (Å²) in [7, 11) is -0.740. The van der Waals surface area contributed by atoms with Crippen molar-refractivity contribution in [2.45, 2.75) is 11.0 Å². The molecule has 0 radical (unpaired) electrons. The monoisotopic (exact) mass is 375 g/mol. The van der Waals surface area contributed by atoms with E-state index >= 15 is 0 Å². The lowest BCUT2D eigenvalue weighted by Crippen LogP contribution is -2.56. The van der Waals surface area contributed by atoms with Gasteiger partial charge < -0.3 is 14.2 Å². The van der Waals surface area contributed by atoms with E-state index in [-0.39, 0.29) is 30.0 Å². The Kier molecular flexibility index (Phi) is 4.97. The van der Waals surface area contributed by atoms with Crippen LogP contribution < -0.4 is 14.2 Å². The van der Waals surface area contributed by atoms with Crippen molar-refractivity contribution in [1.82, 2.24) is 9.29 Å². The molecule has 1 aliphatic heterocycles. The van der Waals surface area contributed by atoms with Crippen LogP contribution in [0.4, 0.5) is 0 Å². The lowest BCUT2D eigenvalue weighted by atomic mass is 10.2. The lowest BCUT2D eigenvalue weighted by molar-refractivity contribution is 0.0718. The van der Waals surface area contributed by atoms with E-state index in [0.29, 0.717) is 17.1 Å². The molecule has 9 heteroatoms. The van der Waals surface area contributed by atoms with E-state index in [0.717, 1.165) is 0 Å². The van der Waals surface area contributed by atoms with Crippen molar-refractivity contribution in [2.24, 2.45) is 0 Å². The summed E-state index contributed by atoms with van der Waals surface area (Å²) < 4.78 is 42.6. The summed E-state index contributed by atoms with van der Waals surface area (Å²) in [4.78, 5) is 4.13. The first-order valence-corrected chi connectivity index (χ1v) is 9.17. The van der Waals surface area contributed by atoms with Crippen molar-refractivity contribution >= 4 is 10.0 Å². The first-order chi connectivity index (χ1) is 12.5. The standard InChI is InChI=1S/C17H17N3O5S/c1-23-15-6-5-14(8-16(15)24-2)26(21,22)20-10-13(11-20)25-17-12(9-18)4-3-7-19-17/h3-8,13H,10-11H2,1-2H3. The second-order valence-corrected chi connectivity index (χ2v) is 7.48. The quantitative estimate of drug-likeness (QED) is 0.752. The number of rotatable bonds is 6. The van der Waals surface area contributed by atoms with Crippen LogP contribution in [0.2, 0.25) is 0 Å². The minimum atomic E-state index is -3.67. The highest BCUT2D eigenvalue weighted by atomic mass is 32.2. The van der Waals surface area contributed by atoms with Crippen molar-refractivity contribution in [2.75, 3.05) is 27.3 Å². The van der Waals surface area contributed by atoms with Gasteiger partial charge in [-0.15, -0.1) is 0 Å². The van der Waals surface area contributed by atoms with Gasteiger partial charge >= 0.3 is 0 Å². The first kappa shape index (κ1) is 18.0. The van der Waals surface area contributed by atoms with E-state index < -0.39 is 10.0 Å². The van der Waals surface area contributed by atoms with Gasteiger partial charge in [-0.3, -0.25) is 0 Å². The van der Waals surface area contributed by atoms with E-state index in [1.807, 2.05) is 6.07 Å². The van der Waals surface area contributed by atoms with Crippen molar-refractivity contribution in [3.63, 3.8) is 0 Å². The van der Waals surface area contributed by atoms with Crippen molar-refractivity contribution < 1.29 is 22.6 Å². The second-order valence-electron chi connectivity index (χ2n) is 5.55. The van der Waals surface area contributed by atoms with Crippen LogP contribution in [0.1, 0.15) is 5.56 Å². The Hall–Kier alpha value is -2.83. The van der Waals surface area contributed by atoms with Gasteiger partial charge in [-0.1, -0.05) is 0 Å². The Morgan fingerprint density at radius 2 is 1.92 bits per heavy atom. The van der Waals surface area contributed by atoms with Crippen LogP contribution in [-0.4, -0.2) is 51.1 Å². The molecular weight excluding hydrogens is 358 g/mol. The zero-order valence-corrected chi connectivity index (χ0v) is 15.1. The van der Waals surface area contributed by atoms with E-state index in [4.69, 9.17) is 19.5 Å². The van der Waals surface area contributed by atoms with Crippen LogP contribution in [-0.2, 0) is 10.0 Å². The third-order valence-electron chi connectivity index (χ3n) is 3.98. The van der Waals surface area contributed by atoms with E-state index in [9.17, 15) is 8.42 Å². The van der Waals surface area contributed by atoms with Crippen molar-refractivity contribution in [1.29, 1.82) is 5.26 Å². The molecule has 136 valence electrons. The smallest absolute Gasteiger partial charge is 0.243 e. The number of nitriles is 1. The molecule has 0 amide bonds. The van der Waals surface area contributed by atoms with Crippen LogP contribution in [0.15, 0.2) is 41.4 Å². The summed E-state index contributed by atoms with van der Waals surface area (Å²) in [5, 5.41) is 9.05. The van der Waals surface area contributed by atoms with Gasteiger partial charge in [0.25, 0.3) is 0 Å². The van der Waals surface area contributed by atoms with Gasteiger partial charge in [0.2, 0.25) is 15.9 Å². The number of hydrogen-bond donors (Lipinski definition) is 0. The van der Waals surface area contributed by atoms with Gasteiger partial charge in [-0.05, 0) is 24.3 Å². The molecule has 0 unspecified atom stereocenters. The highest BCUT2D eigenvalue weighted by Crippen LogP contribution is 2.32. The van der Waals surface area contributed by atoms with Crippen LogP contribution >= 0.6 is 0 Å². The number of sulfonamides is 1. The van der Waals surface area contributed by atoms with Gasteiger partial charge in [0, 0.05) is 12.3 Å². The summed E-state index contributed by atoms with van der Waals surface area (Å²) in [5.74, 6) is 1.01. The number of ether oxygens (including phenoxy) is 3. The topological polar surface area (TPSA) is 102 Å².